The van der Waals surface area contributed by atoms with Crippen LogP contribution in [0.5, 0.6) is 5.75 Å². The van der Waals surface area contributed by atoms with Gasteiger partial charge in [-0.3, -0.25) is 0 Å². The Labute approximate surface area is 151 Å². The third-order valence-electron chi connectivity index (χ3n) is 6.88. The number of aryl methyl sites for hydroxylation is 1. The molecule has 0 N–H and O–H groups in total. The topological polar surface area (TPSA) is 9.23 Å². The summed E-state index contributed by atoms with van der Waals surface area (Å²) < 4.78 is 33.7. The number of fused-ring (bicyclic) bond motifs is 1. The predicted molar refractivity (Wildman–Crippen MR) is 97.9 cm³/mol. The summed E-state index contributed by atoms with van der Waals surface area (Å²) >= 11 is 0. The first-order valence-corrected chi connectivity index (χ1v) is 10.1. The molecule has 0 radical (unpaired) electrons. The first-order chi connectivity index (χ1) is 12.1. The summed E-state index contributed by atoms with van der Waals surface area (Å²) in [6.07, 6.45) is 10.5. The van der Waals surface area contributed by atoms with Crippen molar-refractivity contribution in [1.82, 2.24) is 0 Å². The Balaban J connectivity index is 1.78. The second kappa shape index (κ2) is 8.05. The lowest BCUT2D eigenvalue weighted by molar-refractivity contribution is 0.111. The summed E-state index contributed by atoms with van der Waals surface area (Å²) in [6.45, 7) is 4.64. The molecule has 1 aromatic carbocycles. The monoisotopic (exact) mass is 350 g/mol. The van der Waals surface area contributed by atoms with Gasteiger partial charge in [-0.25, -0.2) is 4.39 Å². The zero-order valence-corrected chi connectivity index (χ0v) is 15.9. The van der Waals surface area contributed by atoms with Crippen LogP contribution in [0.15, 0.2) is 6.07 Å². The number of hydrogen-bond acceptors (Lipinski definition) is 1. The first kappa shape index (κ1) is 18.7. The Morgan fingerprint density at radius 1 is 1.16 bits per heavy atom. The minimum Gasteiger partial charge on any atom is -0.494 e. The Morgan fingerprint density at radius 3 is 2.64 bits per heavy atom. The second-order valence-electron chi connectivity index (χ2n) is 8.20. The highest BCUT2D eigenvalue weighted by atomic mass is 19.2. The zero-order valence-electron chi connectivity index (χ0n) is 15.9. The largest absolute Gasteiger partial charge is 0.494 e. The van der Waals surface area contributed by atoms with Crippen molar-refractivity contribution in [2.24, 2.45) is 23.7 Å². The summed E-state index contributed by atoms with van der Waals surface area (Å²) in [4.78, 5) is 0. The molecular formula is C22H32F2O. The molecule has 140 valence electrons. The van der Waals surface area contributed by atoms with Gasteiger partial charge in [-0.2, -0.15) is 4.39 Å². The maximum atomic E-state index is 14.6. The lowest BCUT2D eigenvalue weighted by Gasteiger charge is -2.41. The predicted octanol–water partition coefficient (Wildman–Crippen LogP) is 6.32. The Morgan fingerprint density at radius 2 is 1.92 bits per heavy atom. The van der Waals surface area contributed by atoms with Gasteiger partial charge in [0.25, 0.3) is 0 Å². The molecule has 1 fully saturated rings. The van der Waals surface area contributed by atoms with E-state index in [9.17, 15) is 8.78 Å². The number of halogens is 2. The van der Waals surface area contributed by atoms with E-state index in [0.29, 0.717) is 23.8 Å². The van der Waals surface area contributed by atoms with Gasteiger partial charge in [0.1, 0.15) is 0 Å². The molecule has 3 rings (SSSR count). The summed E-state index contributed by atoms with van der Waals surface area (Å²) in [5.74, 6) is 1.18. The average molecular weight is 350 g/mol. The van der Waals surface area contributed by atoms with Crippen molar-refractivity contribution in [3.05, 3.63) is 28.8 Å². The maximum Gasteiger partial charge on any atom is 0.200 e. The standard InChI is InChI=1S/C22H32F2O/c1-4-7-15-8-5-6-9-18(15)14(2)16-10-11-17-13-20(25-3)22(24)21(23)19(17)12-16/h13-16,18H,4-12H2,1-3H3. The van der Waals surface area contributed by atoms with Gasteiger partial charge in [0.05, 0.1) is 7.11 Å². The highest BCUT2D eigenvalue weighted by Gasteiger charge is 2.35. The van der Waals surface area contributed by atoms with Crippen molar-refractivity contribution >= 4 is 0 Å². The van der Waals surface area contributed by atoms with Crippen molar-refractivity contribution in [1.29, 1.82) is 0 Å². The van der Waals surface area contributed by atoms with Crippen LogP contribution in [0.25, 0.3) is 0 Å². The van der Waals surface area contributed by atoms with Gasteiger partial charge >= 0.3 is 0 Å². The van der Waals surface area contributed by atoms with Crippen molar-refractivity contribution < 1.29 is 13.5 Å². The molecule has 0 bridgehead atoms. The summed E-state index contributed by atoms with van der Waals surface area (Å²) in [7, 11) is 1.40. The molecule has 2 aliphatic carbocycles. The van der Waals surface area contributed by atoms with Crippen LogP contribution < -0.4 is 4.74 Å². The van der Waals surface area contributed by atoms with Crippen LogP contribution in [-0.4, -0.2) is 7.11 Å². The molecule has 4 atom stereocenters. The molecule has 0 aliphatic heterocycles. The number of ether oxygens (including phenoxy) is 1. The number of methoxy groups -OCH3 is 1. The van der Waals surface area contributed by atoms with E-state index in [2.05, 4.69) is 13.8 Å². The van der Waals surface area contributed by atoms with Gasteiger partial charge in [-0.05, 0) is 66.5 Å². The van der Waals surface area contributed by atoms with E-state index in [-0.39, 0.29) is 5.75 Å². The highest BCUT2D eigenvalue weighted by molar-refractivity contribution is 5.40. The summed E-state index contributed by atoms with van der Waals surface area (Å²) in [6, 6.07) is 1.70. The van der Waals surface area contributed by atoms with Gasteiger partial charge in [0.2, 0.25) is 5.82 Å². The van der Waals surface area contributed by atoms with Gasteiger partial charge in [0, 0.05) is 0 Å². The molecule has 1 aromatic rings. The van der Waals surface area contributed by atoms with Gasteiger partial charge < -0.3 is 4.74 Å². The Bertz CT molecular complexity index is 596. The molecule has 0 amide bonds. The van der Waals surface area contributed by atoms with E-state index in [1.807, 2.05) is 0 Å². The fourth-order valence-corrected chi connectivity index (χ4v) is 5.44. The van der Waals surface area contributed by atoms with Gasteiger partial charge in [0.15, 0.2) is 11.6 Å². The fraction of sp³-hybridized carbons (Fsp3) is 0.727. The zero-order chi connectivity index (χ0) is 18.0. The minimum atomic E-state index is -0.823. The van der Waals surface area contributed by atoms with Crippen LogP contribution in [0, 0.1) is 35.3 Å². The van der Waals surface area contributed by atoms with Crippen LogP contribution in [0.4, 0.5) is 8.78 Å². The lowest BCUT2D eigenvalue weighted by atomic mass is 9.65. The van der Waals surface area contributed by atoms with Crippen molar-refractivity contribution in [3.8, 4) is 5.75 Å². The normalized spacial score (nSPS) is 27.6. The van der Waals surface area contributed by atoms with Crippen LogP contribution in [0.2, 0.25) is 0 Å². The average Bonchev–Trinajstić information content (AvgIpc) is 2.64. The quantitative estimate of drug-likeness (QED) is 0.603. The minimum absolute atomic E-state index is 0.0399. The Hall–Kier alpha value is -1.12. The Kier molecular flexibility index (Phi) is 6.01. The molecule has 0 spiro atoms. The van der Waals surface area contributed by atoms with Crippen molar-refractivity contribution in [3.63, 3.8) is 0 Å². The van der Waals surface area contributed by atoms with Crippen LogP contribution in [0.1, 0.15) is 69.9 Å². The lowest BCUT2D eigenvalue weighted by Crippen LogP contribution is -2.33. The first-order valence-electron chi connectivity index (χ1n) is 10.1. The summed E-state index contributed by atoms with van der Waals surface area (Å²) in [5, 5.41) is 0. The fourth-order valence-electron chi connectivity index (χ4n) is 5.44. The highest BCUT2D eigenvalue weighted by Crippen LogP contribution is 2.44. The van der Waals surface area contributed by atoms with Crippen LogP contribution in [-0.2, 0) is 12.8 Å². The molecule has 1 saturated carbocycles. The molecule has 0 heterocycles. The van der Waals surface area contributed by atoms with E-state index in [1.165, 1.54) is 45.6 Å². The van der Waals surface area contributed by atoms with Crippen LogP contribution >= 0.6 is 0 Å². The molecule has 0 aromatic heterocycles. The van der Waals surface area contributed by atoms with E-state index in [0.717, 1.165) is 30.2 Å². The van der Waals surface area contributed by atoms with Gasteiger partial charge in [-0.15, -0.1) is 0 Å². The van der Waals surface area contributed by atoms with Crippen molar-refractivity contribution in [2.75, 3.05) is 7.11 Å². The third kappa shape index (κ3) is 3.71. The van der Waals surface area contributed by atoms with E-state index in [4.69, 9.17) is 4.74 Å². The second-order valence-corrected chi connectivity index (χ2v) is 8.20. The van der Waals surface area contributed by atoms with E-state index >= 15 is 0 Å². The van der Waals surface area contributed by atoms with E-state index in [1.54, 1.807) is 6.07 Å². The maximum absolute atomic E-state index is 14.6. The third-order valence-corrected chi connectivity index (χ3v) is 6.88. The smallest absolute Gasteiger partial charge is 0.200 e. The number of rotatable bonds is 5. The molecular weight excluding hydrogens is 318 g/mol. The number of benzene rings is 1. The van der Waals surface area contributed by atoms with E-state index < -0.39 is 11.6 Å². The van der Waals surface area contributed by atoms with Gasteiger partial charge in [-0.1, -0.05) is 46.0 Å². The SMILES string of the molecule is CCCC1CCCCC1C(C)C1CCc2cc(OC)c(F)c(F)c2C1. The summed E-state index contributed by atoms with van der Waals surface area (Å²) in [5.41, 5.74) is 1.54. The number of hydrogen-bond donors (Lipinski definition) is 0. The molecule has 0 saturated heterocycles. The molecule has 2 aliphatic rings. The molecule has 4 unspecified atom stereocenters. The molecule has 3 heteroatoms. The molecule has 1 nitrogen and oxygen atoms in total. The molecule has 25 heavy (non-hydrogen) atoms. The van der Waals surface area contributed by atoms with Crippen molar-refractivity contribution in [2.45, 2.75) is 71.6 Å². The van der Waals surface area contributed by atoms with Crippen LogP contribution in [0.3, 0.4) is 0 Å².